The molecule has 0 spiro atoms. The van der Waals surface area contributed by atoms with Gasteiger partial charge in [-0.3, -0.25) is 0 Å². The van der Waals surface area contributed by atoms with Gasteiger partial charge < -0.3 is 4.74 Å². The van der Waals surface area contributed by atoms with Gasteiger partial charge in [-0.1, -0.05) is 0 Å². The fourth-order valence-electron chi connectivity index (χ4n) is 1.52. The average molecular weight is 224 g/mol. The first-order valence-electron chi connectivity index (χ1n) is 4.37. The summed E-state index contributed by atoms with van der Waals surface area (Å²) in [4.78, 5) is 0. The fourth-order valence-corrected chi connectivity index (χ4v) is 3.24. The van der Waals surface area contributed by atoms with E-state index in [0.717, 1.165) is 5.75 Å². The van der Waals surface area contributed by atoms with E-state index in [9.17, 15) is 0 Å². The van der Waals surface area contributed by atoms with Crippen LogP contribution in [0.25, 0.3) is 10.1 Å². The Hall–Kier alpha value is -0.670. The van der Waals surface area contributed by atoms with Crippen LogP contribution >= 0.6 is 23.1 Å². The molecule has 0 aliphatic carbocycles. The lowest BCUT2D eigenvalue weighted by molar-refractivity contribution is 0.412. The van der Waals surface area contributed by atoms with Gasteiger partial charge in [-0.25, -0.2) is 0 Å². The highest BCUT2D eigenvalue weighted by atomic mass is 32.2. The molecule has 1 aromatic carbocycles. The monoisotopic (exact) mass is 224 g/mol. The Bertz CT molecular complexity index is 460. The molecule has 0 atom stereocenters. The smallest absolute Gasteiger partial charge is 0.123 e. The predicted molar refractivity (Wildman–Crippen MR) is 64.9 cm³/mol. The maximum Gasteiger partial charge on any atom is 0.123 e. The van der Waals surface area contributed by atoms with Crippen molar-refractivity contribution < 1.29 is 4.74 Å². The summed E-state index contributed by atoms with van der Waals surface area (Å²) in [6.07, 6.45) is 2.11. The SMILES string of the molecule is COc1ccc2cc(SC)sc2c1C. The number of hydrogen-bond acceptors (Lipinski definition) is 3. The van der Waals surface area contributed by atoms with Crippen molar-refractivity contribution in [2.45, 2.75) is 11.1 Å². The molecule has 3 heteroatoms. The van der Waals surface area contributed by atoms with Gasteiger partial charge in [0.25, 0.3) is 0 Å². The summed E-state index contributed by atoms with van der Waals surface area (Å²) in [5.74, 6) is 0.979. The second-order valence-corrected chi connectivity index (χ2v) is 5.24. The van der Waals surface area contributed by atoms with E-state index in [0.29, 0.717) is 0 Å². The number of ether oxygens (including phenoxy) is 1. The topological polar surface area (TPSA) is 9.23 Å². The molecular formula is C11H12OS2. The van der Waals surface area contributed by atoms with Crippen LogP contribution in [0.2, 0.25) is 0 Å². The number of thiophene rings is 1. The van der Waals surface area contributed by atoms with Crippen molar-refractivity contribution in [3.63, 3.8) is 0 Å². The van der Waals surface area contributed by atoms with Crippen molar-refractivity contribution in [1.29, 1.82) is 0 Å². The molecule has 0 bridgehead atoms. The minimum atomic E-state index is 0.979. The largest absolute Gasteiger partial charge is 0.496 e. The second-order valence-electron chi connectivity index (χ2n) is 3.08. The molecule has 0 saturated carbocycles. The van der Waals surface area contributed by atoms with Crippen LogP contribution < -0.4 is 4.74 Å². The van der Waals surface area contributed by atoms with Crippen LogP contribution in [-0.2, 0) is 0 Å². The lowest BCUT2D eigenvalue weighted by Gasteiger charge is -2.03. The molecule has 0 N–H and O–H groups in total. The van der Waals surface area contributed by atoms with Crippen LogP contribution in [-0.4, -0.2) is 13.4 Å². The van der Waals surface area contributed by atoms with Crippen LogP contribution in [0.5, 0.6) is 5.75 Å². The molecular weight excluding hydrogens is 212 g/mol. The molecule has 74 valence electrons. The van der Waals surface area contributed by atoms with Gasteiger partial charge in [-0.15, -0.1) is 23.1 Å². The summed E-state index contributed by atoms with van der Waals surface area (Å²) in [5.41, 5.74) is 1.25. The van der Waals surface area contributed by atoms with Crippen LogP contribution in [0.4, 0.5) is 0 Å². The summed E-state index contributed by atoms with van der Waals surface area (Å²) >= 11 is 3.63. The number of methoxy groups -OCH3 is 1. The summed E-state index contributed by atoms with van der Waals surface area (Å²) in [5, 5.41) is 1.32. The minimum absolute atomic E-state index is 0.979. The molecule has 0 aliphatic heterocycles. The Labute approximate surface area is 92.1 Å². The molecule has 2 aromatic rings. The van der Waals surface area contributed by atoms with E-state index in [-0.39, 0.29) is 0 Å². The molecule has 14 heavy (non-hydrogen) atoms. The van der Waals surface area contributed by atoms with Crippen molar-refractivity contribution in [2.24, 2.45) is 0 Å². The second kappa shape index (κ2) is 3.83. The highest BCUT2D eigenvalue weighted by molar-refractivity contribution is 8.00. The third kappa shape index (κ3) is 1.51. The van der Waals surface area contributed by atoms with Gasteiger partial charge in [-0.2, -0.15) is 0 Å². The minimum Gasteiger partial charge on any atom is -0.496 e. The summed E-state index contributed by atoms with van der Waals surface area (Å²) in [6, 6.07) is 6.39. The van der Waals surface area contributed by atoms with E-state index in [4.69, 9.17) is 4.74 Å². The lowest BCUT2D eigenvalue weighted by atomic mass is 10.2. The van der Waals surface area contributed by atoms with Gasteiger partial charge >= 0.3 is 0 Å². The summed E-state index contributed by atoms with van der Waals surface area (Å²) in [6.45, 7) is 2.11. The quantitative estimate of drug-likeness (QED) is 0.715. The predicted octanol–water partition coefficient (Wildman–Crippen LogP) is 3.94. The Balaban J connectivity index is 2.68. The first kappa shape index (κ1) is 9.87. The maximum atomic E-state index is 5.30. The molecule has 1 aromatic heterocycles. The molecule has 1 heterocycles. The van der Waals surface area contributed by atoms with Crippen molar-refractivity contribution in [2.75, 3.05) is 13.4 Å². The van der Waals surface area contributed by atoms with Gasteiger partial charge in [0, 0.05) is 10.3 Å². The third-order valence-corrected chi connectivity index (χ3v) is 4.62. The van der Waals surface area contributed by atoms with Crippen LogP contribution in [0.1, 0.15) is 5.56 Å². The van der Waals surface area contributed by atoms with E-state index in [1.165, 1.54) is 19.9 Å². The highest BCUT2D eigenvalue weighted by Gasteiger charge is 2.07. The molecule has 0 amide bonds. The van der Waals surface area contributed by atoms with Crippen molar-refractivity contribution >= 4 is 33.2 Å². The maximum absolute atomic E-state index is 5.30. The standard InChI is InChI=1S/C11H12OS2/c1-7-9(12-2)5-4-8-6-10(13-3)14-11(7)8/h4-6H,1-3H3. The van der Waals surface area contributed by atoms with Gasteiger partial charge in [0.05, 0.1) is 11.3 Å². The van der Waals surface area contributed by atoms with E-state index < -0.39 is 0 Å². The summed E-state index contributed by atoms with van der Waals surface area (Å²) < 4.78 is 7.99. The van der Waals surface area contributed by atoms with E-state index >= 15 is 0 Å². The molecule has 0 fully saturated rings. The highest BCUT2D eigenvalue weighted by Crippen LogP contribution is 2.36. The number of hydrogen-bond donors (Lipinski definition) is 0. The van der Waals surface area contributed by atoms with Gasteiger partial charge in [-0.05, 0) is 36.8 Å². The van der Waals surface area contributed by atoms with E-state index in [1.807, 2.05) is 17.4 Å². The Kier molecular flexibility index (Phi) is 2.70. The fraction of sp³-hybridized carbons (Fsp3) is 0.273. The van der Waals surface area contributed by atoms with Crippen molar-refractivity contribution in [3.8, 4) is 5.75 Å². The molecule has 0 unspecified atom stereocenters. The van der Waals surface area contributed by atoms with Crippen LogP contribution in [0.15, 0.2) is 22.4 Å². The van der Waals surface area contributed by atoms with E-state index in [2.05, 4.69) is 25.3 Å². The van der Waals surface area contributed by atoms with Crippen molar-refractivity contribution in [1.82, 2.24) is 0 Å². The zero-order chi connectivity index (χ0) is 10.1. The molecule has 1 nitrogen and oxygen atoms in total. The van der Waals surface area contributed by atoms with E-state index in [1.54, 1.807) is 18.9 Å². The van der Waals surface area contributed by atoms with Gasteiger partial charge in [0.1, 0.15) is 5.75 Å². The molecule has 2 rings (SSSR count). The number of aryl methyl sites for hydroxylation is 1. The lowest BCUT2D eigenvalue weighted by Crippen LogP contribution is -1.85. The Morgan fingerprint density at radius 2 is 2.14 bits per heavy atom. The number of fused-ring (bicyclic) bond motifs is 1. The number of rotatable bonds is 2. The Morgan fingerprint density at radius 3 is 2.79 bits per heavy atom. The molecule has 0 radical (unpaired) electrons. The van der Waals surface area contributed by atoms with Gasteiger partial charge in [0.15, 0.2) is 0 Å². The number of thioether (sulfide) groups is 1. The molecule has 0 saturated heterocycles. The number of benzene rings is 1. The van der Waals surface area contributed by atoms with Crippen LogP contribution in [0.3, 0.4) is 0 Å². The third-order valence-electron chi connectivity index (χ3n) is 2.28. The zero-order valence-corrected chi connectivity index (χ0v) is 10.1. The Morgan fingerprint density at radius 1 is 1.36 bits per heavy atom. The van der Waals surface area contributed by atoms with Gasteiger partial charge in [0.2, 0.25) is 0 Å². The van der Waals surface area contributed by atoms with Crippen LogP contribution in [0, 0.1) is 6.92 Å². The zero-order valence-electron chi connectivity index (χ0n) is 8.46. The summed E-state index contributed by atoms with van der Waals surface area (Å²) in [7, 11) is 1.72. The first-order chi connectivity index (χ1) is 6.76. The average Bonchev–Trinajstić information content (AvgIpc) is 2.62. The first-order valence-corrected chi connectivity index (χ1v) is 6.41. The normalized spacial score (nSPS) is 10.8. The molecule has 0 aliphatic rings. The van der Waals surface area contributed by atoms with Crippen molar-refractivity contribution in [3.05, 3.63) is 23.8 Å².